The van der Waals surface area contributed by atoms with Crippen LogP contribution >= 0.6 is 0 Å². The summed E-state index contributed by atoms with van der Waals surface area (Å²) < 4.78 is 15.9. The number of amides is 3. The Bertz CT molecular complexity index is 1560. The van der Waals surface area contributed by atoms with E-state index in [1.165, 1.54) is 18.2 Å². The normalized spacial score (nSPS) is 11.0. The van der Waals surface area contributed by atoms with Gasteiger partial charge in [-0.25, -0.2) is 14.4 Å². The molecule has 1 unspecified atom stereocenters. The molecule has 0 heterocycles. The van der Waals surface area contributed by atoms with Crippen molar-refractivity contribution >= 4 is 52.4 Å². The number of ether oxygens (including phenoxy) is 3. The number of nitrogens with one attached hydrogen (secondary N) is 3. The van der Waals surface area contributed by atoms with E-state index in [2.05, 4.69) is 31.5 Å². The predicted octanol–water partition coefficient (Wildman–Crippen LogP) is 8.39. The zero-order chi connectivity index (χ0) is 32.8. The van der Waals surface area contributed by atoms with Crippen LogP contribution in [0.15, 0.2) is 70.1 Å². The van der Waals surface area contributed by atoms with Crippen molar-refractivity contribution in [1.82, 2.24) is 0 Å². The van der Waals surface area contributed by atoms with Crippen LogP contribution in [-0.2, 0) is 14.2 Å². The SMILES string of the molecule is Cc1ccc(NC(=O)OCCCCC(COC(=O)Nc2ccc(C)c(N=O)c2)OC(=O)Nc2ccc(C)c(N=O)c2)cc1N=O. The highest BCUT2D eigenvalue weighted by molar-refractivity contribution is 5.87. The Kier molecular flexibility index (Phi) is 12.6. The lowest BCUT2D eigenvalue weighted by atomic mass is 10.1. The van der Waals surface area contributed by atoms with Crippen molar-refractivity contribution in [2.75, 3.05) is 29.2 Å². The molecule has 0 bridgehead atoms. The molecule has 236 valence electrons. The molecule has 15 nitrogen and oxygen atoms in total. The minimum atomic E-state index is -0.897. The molecule has 0 fully saturated rings. The first-order valence-corrected chi connectivity index (χ1v) is 13.8. The number of benzene rings is 3. The molecule has 0 radical (unpaired) electrons. The quantitative estimate of drug-likeness (QED) is 0.0897. The van der Waals surface area contributed by atoms with Crippen molar-refractivity contribution in [2.45, 2.75) is 46.1 Å². The van der Waals surface area contributed by atoms with Gasteiger partial charge in [-0.15, -0.1) is 14.7 Å². The van der Waals surface area contributed by atoms with Gasteiger partial charge in [0.15, 0.2) is 0 Å². The van der Waals surface area contributed by atoms with Gasteiger partial charge in [0.1, 0.15) is 29.8 Å². The molecule has 1 atom stereocenters. The highest BCUT2D eigenvalue weighted by Crippen LogP contribution is 2.25. The van der Waals surface area contributed by atoms with Crippen molar-refractivity contribution in [1.29, 1.82) is 0 Å². The molecule has 0 saturated heterocycles. The molecule has 3 N–H and O–H groups in total. The molecule has 0 spiro atoms. The van der Waals surface area contributed by atoms with E-state index in [4.69, 9.17) is 14.2 Å². The van der Waals surface area contributed by atoms with Crippen LogP contribution < -0.4 is 16.0 Å². The first-order valence-electron chi connectivity index (χ1n) is 13.8. The van der Waals surface area contributed by atoms with E-state index in [1.54, 1.807) is 57.2 Å². The molecule has 15 heteroatoms. The Morgan fingerprint density at radius 3 is 1.49 bits per heavy atom. The number of unbranched alkanes of at least 4 members (excludes halogenated alkanes) is 1. The van der Waals surface area contributed by atoms with Crippen LogP contribution in [-0.4, -0.2) is 37.6 Å². The molecule has 0 aliphatic carbocycles. The van der Waals surface area contributed by atoms with Crippen LogP contribution in [0.3, 0.4) is 0 Å². The van der Waals surface area contributed by atoms with Gasteiger partial charge in [-0.1, -0.05) is 18.2 Å². The number of nitrogens with zero attached hydrogens (tertiary/aromatic N) is 3. The Hall–Kier alpha value is -5.73. The lowest BCUT2D eigenvalue weighted by molar-refractivity contribution is 0.0490. The molecular weight excluding hydrogens is 588 g/mol. The summed E-state index contributed by atoms with van der Waals surface area (Å²) >= 11 is 0. The van der Waals surface area contributed by atoms with Gasteiger partial charge in [0.05, 0.1) is 6.61 Å². The fourth-order valence-electron chi connectivity index (χ4n) is 3.95. The Balaban J connectivity index is 1.53. The van der Waals surface area contributed by atoms with E-state index in [9.17, 15) is 29.1 Å². The minimum absolute atomic E-state index is 0.0299. The number of carbonyl (C=O) groups is 3. The largest absolute Gasteiger partial charge is 0.449 e. The van der Waals surface area contributed by atoms with Crippen LogP contribution in [0.2, 0.25) is 0 Å². The van der Waals surface area contributed by atoms with Gasteiger partial charge in [0.2, 0.25) is 0 Å². The van der Waals surface area contributed by atoms with Crippen LogP contribution in [0.1, 0.15) is 36.0 Å². The summed E-state index contributed by atoms with van der Waals surface area (Å²) in [4.78, 5) is 70.0. The Labute approximate surface area is 257 Å². The van der Waals surface area contributed by atoms with Gasteiger partial charge in [-0.05, 0) is 109 Å². The zero-order valence-corrected chi connectivity index (χ0v) is 24.8. The van der Waals surface area contributed by atoms with Crippen molar-refractivity contribution in [3.63, 3.8) is 0 Å². The molecule has 0 aromatic heterocycles. The van der Waals surface area contributed by atoms with Gasteiger partial charge < -0.3 is 14.2 Å². The number of nitroso groups, excluding NO2 is 3. The predicted molar refractivity (Wildman–Crippen MR) is 168 cm³/mol. The fourth-order valence-corrected chi connectivity index (χ4v) is 3.95. The fraction of sp³-hybridized carbons (Fsp3) is 0.300. The van der Waals surface area contributed by atoms with Gasteiger partial charge in [-0.3, -0.25) is 16.0 Å². The minimum Gasteiger partial charge on any atom is -0.449 e. The molecule has 45 heavy (non-hydrogen) atoms. The van der Waals surface area contributed by atoms with Gasteiger partial charge in [0, 0.05) is 17.1 Å². The topological polar surface area (TPSA) is 203 Å². The maximum absolute atomic E-state index is 12.6. The second-order valence-electron chi connectivity index (χ2n) is 9.91. The van der Waals surface area contributed by atoms with Crippen molar-refractivity contribution in [2.24, 2.45) is 15.5 Å². The smallest absolute Gasteiger partial charge is 0.412 e. The van der Waals surface area contributed by atoms with Crippen LogP contribution in [0.5, 0.6) is 0 Å². The summed E-state index contributed by atoms with van der Waals surface area (Å²) in [6.45, 7) is 4.82. The number of carbonyl (C=O) groups excluding carboxylic acids is 3. The lowest BCUT2D eigenvalue weighted by Crippen LogP contribution is -2.29. The number of hydrogen-bond donors (Lipinski definition) is 3. The molecule has 3 rings (SSSR count). The van der Waals surface area contributed by atoms with Crippen molar-refractivity contribution in [3.05, 3.63) is 86.0 Å². The molecule has 0 aliphatic rings. The molecule has 3 aromatic carbocycles. The number of rotatable bonds is 14. The Morgan fingerprint density at radius 2 is 1.04 bits per heavy atom. The van der Waals surface area contributed by atoms with Crippen LogP contribution in [0, 0.1) is 35.5 Å². The van der Waals surface area contributed by atoms with E-state index >= 15 is 0 Å². The molecular formula is C30H32N6O9. The maximum Gasteiger partial charge on any atom is 0.412 e. The van der Waals surface area contributed by atoms with Gasteiger partial charge in [-0.2, -0.15) is 0 Å². The average molecular weight is 621 g/mol. The second-order valence-corrected chi connectivity index (χ2v) is 9.91. The summed E-state index contributed by atoms with van der Waals surface area (Å²) in [5.74, 6) is 0. The third-order valence-electron chi connectivity index (χ3n) is 6.49. The van der Waals surface area contributed by atoms with Crippen molar-refractivity contribution < 1.29 is 28.6 Å². The summed E-state index contributed by atoms with van der Waals surface area (Å²) in [5.41, 5.74) is 3.35. The zero-order valence-electron chi connectivity index (χ0n) is 24.8. The maximum atomic E-state index is 12.6. The summed E-state index contributed by atoms with van der Waals surface area (Å²) in [6, 6.07) is 13.8. The average Bonchev–Trinajstić information content (AvgIpc) is 3.02. The number of aryl methyl sites for hydroxylation is 3. The van der Waals surface area contributed by atoms with Crippen molar-refractivity contribution in [3.8, 4) is 0 Å². The highest BCUT2D eigenvalue weighted by Gasteiger charge is 2.18. The van der Waals surface area contributed by atoms with Crippen LogP contribution in [0.25, 0.3) is 0 Å². The van der Waals surface area contributed by atoms with E-state index in [-0.39, 0.29) is 48.1 Å². The monoisotopic (exact) mass is 620 g/mol. The van der Waals surface area contributed by atoms with E-state index in [1.807, 2.05) is 0 Å². The second kappa shape index (κ2) is 16.8. The number of anilines is 3. The van der Waals surface area contributed by atoms with Gasteiger partial charge in [0.25, 0.3) is 0 Å². The molecule has 0 saturated carbocycles. The van der Waals surface area contributed by atoms with Crippen LogP contribution in [0.4, 0.5) is 48.5 Å². The third kappa shape index (κ3) is 10.8. The van der Waals surface area contributed by atoms with E-state index in [0.29, 0.717) is 35.2 Å². The summed E-state index contributed by atoms with van der Waals surface area (Å²) in [6.07, 6.45) is -2.31. The molecule has 3 aromatic rings. The third-order valence-corrected chi connectivity index (χ3v) is 6.49. The van der Waals surface area contributed by atoms with E-state index in [0.717, 1.165) is 0 Å². The van der Waals surface area contributed by atoms with E-state index < -0.39 is 24.4 Å². The standard InChI is InChI=1S/C30H32N6O9/c1-18-7-10-21(14-25(18)34-40)31-28(37)43-13-5-4-6-24(45-30(39)33-23-12-9-20(3)27(16-23)36-42)17-44-29(38)32-22-11-8-19(2)26(15-22)35-41/h7-12,14-16,24H,4-6,13,17H2,1-3H3,(H,31,37)(H,32,38)(H,33,39). The summed E-state index contributed by atoms with van der Waals surface area (Å²) in [7, 11) is 0. The number of hydrogen-bond acceptors (Lipinski definition) is 12. The molecule has 3 amide bonds. The highest BCUT2D eigenvalue weighted by atomic mass is 16.6. The first kappa shape index (κ1) is 33.8. The Morgan fingerprint density at radius 1 is 0.622 bits per heavy atom. The first-order chi connectivity index (χ1) is 21.6. The summed E-state index contributed by atoms with van der Waals surface area (Å²) in [5, 5.41) is 16.2. The van der Waals surface area contributed by atoms with Gasteiger partial charge >= 0.3 is 18.3 Å². The molecule has 0 aliphatic heterocycles. The lowest BCUT2D eigenvalue weighted by Gasteiger charge is -2.19.